The molecule has 0 bridgehead atoms. The molecule has 2 heterocycles. The lowest BCUT2D eigenvalue weighted by Gasteiger charge is -2.16. The van der Waals surface area contributed by atoms with Crippen LogP contribution in [0.1, 0.15) is 75.8 Å². The summed E-state index contributed by atoms with van der Waals surface area (Å²) in [6.45, 7) is 2.06. The fraction of sp³-hybridized carbons (Fsp3) is 0.500. The SMILES string of the molecule is CCOC(=O)c1n[nH]c(=O)c2c1CCCC2.O=C(O)c1n[nH]c(=O)c2c1CCCC2. The van der Waals surface area contributed by atoms with Gasteiger partial charge in [0.15, 0.2) is 11.4 Å². The quantitative estimate of drug-likeness (QED) is 0.630. The maximum atomic E-state index is 11.6. The van der Waals surface area contributed by atoms with Gasteiger partial charge in [0.1, 0.15) is 0 Å². The smallest absolute Gasteiger partial charge is 0.359 e. The molecule has 0 atom stereocenters. The van der Waals surface area contributed by atoms with Crippen molar-refractivity contribution in [1.29, 1.82) is 0 Å². The Hall–Kier alpha value is -3.30. The number of carboxylic acid groups (broad SMARTS) is 1. The maximum absolute atomic E-state index is 11.6. The van der Waals surface area contributed by atoms with Crippen molar-refractivity contribution < 1.29 is 19.4 Å². The number of aromatic nitrogens is 4. The van der Waals surface area contributed by atoms with Gasteiger partial charge in [-0.15, -0.1) is 0 Å². The first kappa shape index (κ1) is 21.4. The summed E-state index contributed by atoms with van der Waals surface area (Å²) in [5.41, 5.74) is 2.54. The number of rotatable bonds is 3. The molecule has 0 radical (unpaired) electrons. The van der Waals surface area contributed by atoms with Crippen LogP contribution in [-0.4, -0.2) is 44.0 Å². The normalized spacial score (nSPS) is 14.6. The van der Waals surface area contributed by atoms with Gasteiger partial charge in [-0.05, 0) is 69.4 Å². The van der Waals surface area contributed by atoms with Crippen LogP contribution in [0.25, 0.3) is 0 Å². The number of H-pyrrole nitrogens is 2. The highest BCUT2D eigenvalue weighted by Gasteiger charge is 2.23. The molecule has 0 aliphatic heterocycles. The van der Waals surface area contributed by atoms with Gasteiger partial charge in [0, 0.05) is 11.1 Å². The Kier molecular flexibility index (Phi) is 6.76. The number of nitrogens with zero attached hydrogens (tertiary/aromatic N) is 2. The summed E-state index contributed by atoms with van der Waals surface area (Å²) in [5.74, 6) is -1.52. The van der Waals surface area contributed by atoms with E-state index in [1.165, 1.54) is 0 Å². The number of hydrogen-bond donors (Lipinski definition) is 3. The molecule has 30 heavy (non-hydrogen) atoms. The number of ether oxygens (including phenoxy) is 1. The minimum Gasteiger partial charge on any atom is -0.476 e. The minimum atomic E-state index is -1.07. The lowest BCUT2D eigenvalue weighted by atomic mass is 9.92. The van der Waals surface area contributed by atoms with Crippen LogP contribution >= 0.6 is 0 Å². The van der Waals surface area contributed by atoms with Gasteiger partial charge in [0.2, 0.25) is 0 Å². The van der Waals surface area contributed by atoms with Crippen LogP contribution in [-0.2, 0) is 30.4 Å². The second-order valence-corrected chi connectivity index (χ2v) is 7.16. The van der Waals surface area contributed by atoms with Gasteiger partial charge in [0.05, 0.1) is 6.61 Å². The standard InChI is InChI=1S/C11H14N2O3.C9H10N2O3/c1-2-16-11(15)9-7-5-3-4-6-8(7)10(14)13-12-9;12-8-6-4-2-1-3-5(6)7(9(13)14)10-11-8/h2-6H2,1H3,(H,13,14);1-4H2,(H,11,12)(H,13,14). The van der Waals surface area contributed by atoms with Crippen LogP contribution in [0, 0.1) is 0 Å². The highest BCUT2D eigenvalue weighted by atomic mass is 16.5. The van der Waals surface area contributed by atoms with E-state index in [0.717, 1.165) is 44.1 Å². The zero-order chi connectivity index (χ0) is 21.7. The van der Waals surface area contributed by atoms with E-state index in [1.54, 1.807) is 6.92 Å². The zero-order valence-electron chi connectivity index (χ0n) is 16.7. The second-order valence-electron chi connectivity index (χ2n) is 7.16. The molecule has 0 unspecified atom stereocenters. The van der Waals surface area contributed by atoms with E-state index in [-0.39, 0.29) is 22.5 Å². The van der Waals surface area contributed by atoms with Gasteiger partial charge in [-0.25, -0.2) is 19.8 Å². The Morgan fingerprint density at radius 2 is 1.27 bits per heavy atom. The molecular weight excluding hydrogens is 392 g/mol. The highest BCUT2D eigenvalue weighted by Crippen LogP contribution is 2.21. The number of aromatic carboxylic acids is 1. The van der Waals surface area contributed by atoms with Crippen molar-refractivity contribution in [3.05, 3.63) is 54.3 Å². The van der Waals surface area contributed by atoms with Crippen LogP contribution in [0.4, 0.5) is 0 Å². The minimum absolute atomic E-state index is 0.000648. The Labute approximate surface area is 171 Å². The number of esters is 1. The number of aromatic amines is 2. The molecule has 0 amide bonds. The van der Waals surface area contributed by atoms with Gasteiger partial charge in [0.25, 0.3) is 11.1 Å². The fourth-order valence-electron chi connectivity index (χ4n) is 3.86. The molecule has 0 spiro atoms. The number of nitrogens with one attached hydrogen (secondary N) is 2. The maximum Gasteiger partial charge on any atom is 0.359 e. The van der Waals surface area contributed by atoms with Crippen molar-refractivity contribution in [2.75, 3.05) is 6.61 Å². The summed E-state index contributed by atoms with van der Waals surface area (Å²) in [5, 5.41) is 20.8. The van der Waals surface area contributed by atoms with Gasteiger partial charge >= 0.3 is 11.9 Å². The molecule has 10 heteroatoms. The van der Waals surface area contributed by atoms with Crippen molar-refractivity contribution >= 4 is 11.9 Å². The molecule has 3 N–H and O–H groups in total. The van der Waals surface area contributed by atoms with E-state index in [4.69, 9.17) is 9.84 Å². The lowest BCUT2D eigenvalue weighted by molar-refractivity contribution is 0.0515. The highest BCUT2D eigenvalue weighted by molar-refractivity contribution is 5.89. The van der Waals surface area contributed by atoms with E-state index < -0.39 is 11.9 Å². The molecule has 0 fully saturated rings. The third-order valence-electron chi connectivity index (χ3n) is 5.27. The van der Waals surface area contributed by atoms with Gasteiger partial charge in [-0.2, -0.15) is 10.2 Å². The number of carbonyl (C=O) groups is 2. The average molecular weight is 416 g/mol. The third kappa shape index (κ3) is 4.47. The van der Waals surface area contributed by atoms with Crippen LogP contribution in [0.3, 0.4) is 0 Å². The molecule has 0 aromatic carbocycles. The first-order valence-electron chi connectivity index (χ1n) is 10.0. The first-order valence-corrected chi connectivity index (χ1v) is 10.0. The van der Waals surface area contributed by atoms with Crippen molar-refractivity contribution in [2.45, 2.75) is 58.3 Å². The summed E-state index contributed by atoms with van der Waals surface area (Å²) in [7, 11) is 0. The van der Waals surface area contributed by atoms with Crippen molar-refractivity contribution in [2.24, 2.45) is 0 Å². The molecule has 2 aromatic rings. The Morgan fingerprint density at radius 3 is 1.73 bits per heavy atom. The Bertz CT molecular complexity index is 1070. The van der Waals surface area contributed by atoms with Gasteiger partial charge in [-0.3, -0.25) is 9.59 Å². The van der Waals surface area contributed by atoms with Crippen LogP contribution in [0.15, 0.2) is 9.59 Å². The Morgan fingerprint density at radius 1 is 0.833 bits per heavy atom. The summed E-state index contributed by atoms with van der Waals surface area (Å²) < 4.78 is 4.91. The van der Waals surface area contributed by atoms with Crippen LogP contribution < -0.4 is 11.1 Å². The number of fused-ring (bicyclic) bond motifs is 2. The summed E-state index contributed by atoms with van der Waals surface area (Å²) >= 11 is 0. The molecule has 4 rings (SSSR count). The molecule has 10 nitrogen and oxygen atoms in total. The monoisotopic (exact) mass is 416 g/mol. The van der Waals surface area contributed by atoms with E-state index >= 15 is 0 Å². The van der Waals surface area contributed by atoms with E-state index in [0.29, 0.717) is 36.1 Å². The molecule has 0 saturated heterocycles. The number of carbonyl (C=O) groups excluding carboxylic acids is 1. The first-order chi connectivity index (χ1) is 14.4. The largest absolute Gasteiger partial charge is 0.476 e. The van der Waals surface area contributed by atoms with Crippen LogP contribution in [0.5, 0.6) is 0 Å². The summed E-state index contributed by atoms with van der Waals surface area (Å²) in [6, 6.07) is 0. The second kappa shape index (κ2) is 9.47. The van der Waals surface area contributed by atoms with E-state index in [9.17, 15) is 19.2 Å². The van der Waals surface area contributed by atoms with E-state index in [1.807, 2.05) is 0 Å². The number of carboxylic acids is 1. The Balaban J connectivity index is 0.000000172. The fourth-order valence-corrected chi connectivity index (χ4v) is 3.86. The molecule has 160 valence electrons. The van der Waals surface area contributed by atoms with Crippen LogP contribution in [0.2, 0.25) is 0 Å². The lowest BCUT2D eigenvalue weighted by Crippen LogP contribution is -2.25. The molecule has 2 aromatic heterocycles. The van der Waals surface area contributed by atoms with Crippen molar-refractivity contribution in [3.63, 3.8) is 0 Å². The zero-order valence-corrected chi connectivity index (χ0v) is 16.7. The number of hydrogen-bond acceptors (Lipinski definition) is 7. The predicted molar refractivity (Wildman–Crippen MR) is 106 cm³/mol. The van der Waals surface area contributed by atoms with Crippen molar-refractivity contribution in [3.8, 4) is 0 Å². The molecular formula is C20H24N4O6. The molecule has 2 aliphatic carbocycles. The summed E-state index contributed by atoms with van der Waals surface area (Å²) in [6.07, 6.45) is 6.62. The molecule has 2 aliphatic rings. The average Bonchev–Trinajstić information content (AvgIpc) is 2.75. The van der Waals surface area contributed by atoms with Gasteiger partial charge < -0.3 is 9.84 Å². The predicted octanol–water partition coefficient (Wildman–Crippen LogP) is 1.17. The third-order valence-corrected chi connectivity index (χ3v) is 5.27. The molecule has 0 saturated carbocycles. The van der Waals surface area contributed by atoms with Crippen molar-refractivity contribution in [1.82, 2.24) is 20.4 Å². The summed E-state index contributed by atoms with van der Waals surface area (Å²) in [4.78, 5) is 45.3. The van der Waals surface area contributed by atoms with E-state index in [2.05, 4.69) is 20.4 Å². The topological polar surface area (TPSA) is 155 Å². The van der Waals surface area contributed by atoms with Gasteiger partial charge in [-0.1, -0.05) is 0 Å².